The van der Waals surface area contributed by atoms with Crippen molar-refractivity contribution in [2.24, 2.45) is 0 Å². The van der Waals surface area contributed by atoms with Crippen LogP contribution in [0.5, 0.6) is 11.5 Å². The Bertz CT molecular complexity index is 972. The van der Waals surface area contributed by atoms with E-state index in [1.807, 2.05) is 31.2 Å². The molecule has 28 heavy (non-hydrogen) atoms. The van der Waals surface area contributed by atoms with Gasteiger partial charge in [-0.3, -0.25) is 4.79 Å². The Morgan fingerprint density at radius 3 is 2.68 bits per heavy atom. The molecule has 1 amide bonds. The van der Waals surface area contributed by atoms with Crippen LogP contribution >= 0.6 is 11.8 Å². The molecule has 1 aromatic heterocycles. The monoisotopic (exact) mass is 397 g/mol. The first-order valence-corrected chi connectivity index (χ1v) is 9.89. The summed E-state index contributed by atoms with van der Waals surface area (Å²) in [6.45, 7) is 3.24. The average molecular weight is 397 g/mol. The Labute approximate surface area is 166 Å². The number of nitrogens with one attached hydrogen (secondary N) is 1. The van der Waals surface area contributed by atoms with E-state index >= 15 is 0 Å². The van der Waals surface area contributed by atoms with E-state index in [0.717, 1.165) is 17.5 Å². The van der Waals surface area contributed by atoms with Crippen molar-refractivity contribution in [1.29, 1.82) is 0 Å². The van der Waals surface area contributed by atoms with E-state index in [1.54, 1.807) is 18.2 Å². The van der Waals surface area contributed by atoms with Crippen LogP contribution in [0.15, 0.2) is 52.1 Å². The number of carbonyl (C=O) groups excluding carboxylic acids is 1. The smallest absolute Gasteiger partial charge is 0.277 e. The van der Waals surface area contributed by atoms with E-state index in [9.17, 15) is 4.79 Å². The molecule has 7 nitrogen and oxygen atoms in total. The van der Waals surface area contributed by atoms with E-state index in [4.69, 9.17) is 13.9 Å². The molecule has 2 heterocycles. The zero-order valence-corrected chi connectivity index (χ0v) is 16.1. The zero-order chi connectivity index (χ0) is 19.3. The predicted molar refractivity (Wildman–Crippen MR) is 106 cm³/mol. The van der Waals surface area contributed by atoms with Gasteiger partial charge in [-0.1, -0.05) is 29.5 Å². The lowest BCUT2D eigenvalue weighted by atomic mass is 10.1. The molecular weight excluding hydrogens is 378 g/mol. The van der Waals surface area contributed by atoms with Gasteiger partial charge in [-0.05, 0) is 31.2 Å². The largest absolute Gasteiger partial charge is 0.490 e. The fourth-order valence-corrected chi connectivity index (χ4v) is 3.21. The second kappa shape index (κ2) is 8.35. The first kappa shape index (κ1) is 18.4. The third-order valence-electron chi connectivity index (χ3n) is 4.06. The average Bonchev–Trinajstić information content (AvgIpc) is 3.05. The molecule has 1 N–H and O–H groups in total. The van der Waals surface area contributed by atoms with E-state index in [0.29, 0.717) is 41.5 Å². The van der Waals surface area contributed by atoms with Gasteiger partial charge in [0.15, 0.2) is 11.5 Å². The molecule has 0 aliphatic carbocycles. The first-order valence-electron chi connectivity index (χ1n) is 8.90. The number of fused-ring (bicyclic) bond motifs is 1. The van der Waals surface area contributed by atoms with Crippen LogP contribution in [0.1, 0.15) is 12.0 Å². The molecule has 4 rings (SSSR count). The predicted octanol–water partition coefficient (Wildman–Crippen LogP) is 3.94. The van der Waals surface area contributed by atoms with E-state index in [2.05, 4.69) is 15.5 Å². The lowest BCUT2D eigenvalue weighted by Gasteiger charge is -2.10. The van der Waals surface area contributed by atoms with Crippen LogP contribution in [-0.4, -0.2) is 35.1 Å². The zero-order valence-electron chi connectivity index (χ0n) is 15.3. The first-order chi connectivity index (χ1) is 13.7. The fourth-order valence-electron chi connectivity index (χ4n) is 2.65. The van der Waals surface area contributed by atoms with Crippen LogP contribution < -0.4 is 14.8 Å². The molecule has 2 aromatic carbocycles. The molecule has 1 aliphatic heterocycles. The highest BCUT2D eigenvalue weighted by Gasteiger charge is 2.14. The minimum Gasteiger partial charge on any atom is -0.490 e. The van der Waals surface area contributed by atoms with Gasteiger partial charge in [-0.15, -0.1) is 10.2 Å². The van der Waals surface area contributed by atoms with Crippen LogP contribution in [-0.2, 0) is 4.79 Å². The summed E-state index contributed by atoms with van der Waals surface area (Å²) in [5.41, 5.74) is 2.66. The number of aryl methyl sites for hydroxylation is 1. The minimum absolute atomic E-state index is 0.157. The Kier molecular flexibility index (Phi) is 5.48. The number of rotatable bonds is 5. The van der Waals surface area contributed by atoms with Gasteiger partial charge in [0.05, 0.1) is 19.0 Å². The van der Waals surface area contributed by atoms with Gasteiger partial charge in [0.1, 0.15) is 0 Å². The van der Waals surface area contributed by atoms with Gasteiger partial charge in [0.25, 0.3) is 5.22 Å². The molecule has 1 aliphatic rings. The maximum Gasteiger partial charge on any atom is 0.277 e. The maximum atomic E-state index is 12.2. The number of benzene rings is 2. The Balaban J connectivity index is 1.34. The third-order valence-corrected chi connectivity index (χ3v) is 4.88. The van der Waals surface area contributed by atoms with Crippen LogP contribution in [0, 0.1) is 6.92 Å². The number of aromatic nitrogens is 2. The van der Waals surface area contributed by atoms with Crippen molar-refractivity contribution in [3.8, 4) is 23.0 Å². The standard InChI is InChI=1S/C20H19N3O4S/c1-13-3-5-14(6-4-13)19-22-23-20(27-19)28-12-18(24)21-15-7-8-16-17(11-15)26-10-2-9-25-16/h3-8,11H,2,9-10,12H2,1H3,(H,21,24). The Morgan fingerprint density at radius 2 is 1.86 bits per heavy atom. The molecule has 0 radical (unpaired) electrons. The van der Waals surface area contributed by atoms with Gasteiger partial charge >= 0.3 is 0 Å². The van der Waals surface area contributed by atoms with Crippen molar-refractivity contribution in [2.45, 2.75) is 18.6 Å². The minimum atomic E-state index is -0.172. The van der Waals surface area contributed by atoms with Crippen LogP contribution in [0.2, 0.25) is 0 Å². The SMILES string of the molecule is Cc1ccc(-c2nnc(SCC(=O)Nc3ccc4c(c3)OCCCO4)o2)cc1. The van der Waals surface area contributed by atoms with Crippen molar-refractivity contribution in [3.05, 3.63) is 48.0 Å². The van der Waals surface area contributed by atoms with Crippen molar-refractivity contribution >= 4 is 23.4 Å². The molecule has 0 atom stereocenters. The quantitative estimate of drug-likeness (QED) is 0.653. The molecule has 0 fully saturated rings. The second-order valence-corrected chi connectivity index (χ2v) is 7.21. The summed E-state index contributed by atoms with van der Waals surface area (Å²) in [6, 6.07) is 13.2. The van der Waals surface area contributed by atoms with Crippen molar-refractivity contribution in [2.75, 3.05) is 24.3 Å². The van der Waals surface area contributed by atoms with Gasteiger partial charge in [-0.25, -0.2) is 0 Å². The van der Waals surface area contributed by atoms with Crippen LogP contribution in [0.3, 0.4) is 0 Å². The molecule has 8 heteroatoms. The van der Waals surface area contributed by atoms with E-state index in [1.165, 1.54) is 11.8 Å². The van der Waals surface area contributed by atoms with Crippen LogP contribution in [0.25, 0.3) is 11.5 Å². The number of amides is 1. The third kappa shape index (κ3) is 4.45. The topological polar surface area (TPSA) is 86.5 Å². The highest BCUT2D eigenvalue weighted by Crippen LogP contribution is 2.32. The van der Waals surface area contributed by atoms with E-state index < -0.39 is 0 Å². The summed E-state index contributed by atoms with van der Waals surface area (Å²) in [4.78, 5) is 12.2. The molecule has 0 bridgehead atoms. The summed E-state index contributed by atoms with van der Waals surface area (Å²) < 4.78 is 16.8. The number of anilines is 1. The fraction of sp³-hybridized carbons (Fsp3) is 0.250. The maximum absolute atomic E-state index is 12.2. The normalized spacial score (nSPS) is 13.0. The van der Waals surface area contributed by atoms with Gasteiger partial charge in [-0.2, -0.15) is 0 Å². The van der Waals surface area contributed by atoms with Crippen LogP contribution in [0.4, 0.5) is 5.69 Å². The van der Waals surface area contributed by atoms with Gasteiger partial charge in [0, 0.05) is 23.7 Å². The molecule has 144 valence electrons. The number of nitrogens with zero attached hydrogens (tertiary/aromatic N) is 2. The van der Waals surface area contributed by atoms with E-state index in [-0.39, 0.29) is 11.7 Å². The number of hydrogen-bond acceptors (Lipinski definition) is 7. The van der Waals surface area contributed by atoms with Gasteiger partial charge < -0.3 is 19.2 Å². The second-order valence-electron chi connectivity index (χ2n) is 6.29. The molecule has 0 spiro atoms. The highest BCUT2D eigenvalue weighted by molar-refractivity contribution is 7.99. The summed E-state index contributed by atoms with van der Waals surface area (Å²) in [5, 5.41) is 11.2. The highest BCUT2D eigenvalue weighted by atomic mass is 32.2. The molecule has 3 aromatic rings. The van der Waals surface area contributed by atoms with Gasteiger partial charge in [0.2, 0.25) is 11.8 Å². The molecule has 0 saturated carbocycles. The Morgan fingerprint density at radius 1 is 1.07 bits per heavy atom. The lowest BCUT2D eigenvalue weighted by molar-refractivity contribution is -0.113. The number of thioether (sulfide) groups is 1. The molecular formula is C20H19N3O4S. The summed E-state index contributed by atoms with van der Waals surface area (Å²) in [6.07, 6.45) is 0.835. The Hall–Kier alpha value is -3.00. The number of ether oxygens (including phenoxy) is 2. The molecule has 0 saturated heterocycles. The lowest BCUT2D eigenvalue weighted by Crippen LogP contribution is -2.14. The van der Waals surface area contributed by atoms with Crippen molar-refractivity contribution in [1.82, 2.24) is 10.2 Å². The molecule has 0 unspecified atom stereocenters. The number of carbonyl (C=O) groups is 1. The van der Waals surface area contributed by atoms with Crippen molar-refractivity contribution in [3.63, 3.8) is 0 Å². The summed E-state index contributed by atoms with van der Waals surface area (Å²) in [7, 11) is 0. The summed E-state index contributed by atoms with van der Waals surface area (Å²) in [5.74, 6) is 1.76. The van der Waals surface area contributed by atoms with Crippen molar-refractivity contribution < 1.29 is 18.7 Å². The number of hydrogen-bond donors (Lipinski definition) is 1. The summed E-state index contributed by atoms with van der Waals surface area (Å²) >= 11 is 1.19.